The van der Waals surface area contributed by atoms with Crippen molar-refractivity contribution >= 4 is 37.3 Å². The minimum absolute atomic E-state index is 0.351. The van der Waals surface area contributed by atoms with Crippen molar-refractivity contribution in [2.75, 3.05) is 27.2 Å². The molecular formula is C9H15BrN2O2S2. The Morgan fingerprint density at radius 3 is 2.62 bits per heavy atom. The summed E-state index contributed by atoms with van der Waals surface area (Å²) in [4.78, 5) is 2.02. The van der Waals surface area contributed by atoms with Crippen molar-refractivity contribution in [1.29, 1.82) is 0 Å². The zero-order chi connectivity index (χ0) is 12.2. The van der Waals surface area contributed by atoms with E-state index >= 15 is 0 Å². The van der Waals surface area contributed by atoms with Gasteiger partial charge in [0.15, 0.2) is 0 Å². The topological polar surface area (TPSA) is 49.4 Å². The Labute approximate surface area is 109 Å². The molecular weight excluding hydrogens is 312 g/mol. The fourth-order valence-corrected chi connectivity index (χ4v) is 4.24. The minimum Gasteiger partial charge on any atom is -0.309 e. The van der Waals surface area contributed by atoms with Gasteiger partial charge in [0.1, 0.15) is 4.21 Å². The number of nitrogens with zero attached hydrogens (tertiary/aromatic N) is 1. The van der Waals surface area contributed by atoms with Crippen molar-refractivity contribution in [3.8, 4) is 0 Å². The van der Waals surface area contributed by atoms with Crippen LogP contribution in [-0.4, -0.2) is 40.5 Å². The van der Waals surface area contributed by atoms with Gasteiger partial charge in [0.05, 0.1) is 3.79 Å². The zero-order valence-electron chi connectivity index (χ0n) is 9.23. The maximum Gasteiger partial charge on any atom is 0.250 e. The van der Waals surface area contributed by atoms with E-state index in [0.29, 0.717) is 10.8 Å². The average Bonchev–Trinajstić information content (AvgIpc) is 2.60. The van der Waals surface area contributed by atoms with E-state index < -0.39 is 10.0 Å². The van der Waals surface area contributed by atoms with Gasteiger partial charge in [0.2, 0.25) is 10.0 Å². The maximum atomic E-state index is 11.8. The molecule has 1 aromatic heterocycles. The number of rotatable bonds is 6. The highest BCUT2D eigenvalue weighted by atomic mass is 79.9. The molecule has 0 amide bonds. The van der Waals surface area contributed by atoms with E-state index in [1.807, 2.05) is 19.0 Å². The second kappa shape index (κ2) is 6.11. The molecule has 0 atom stereocenters. The van der Waals surface area contributed by atoms with E-state index in [0.717, 1.165) is 16.8 Å². The third kappa shape index (κ3) is 4.50. The fraction of sp³-hybridized carbons (Fsp3) is 0.556. The first-order valence-electron chi connectivity index (χ1n) is 4.81. The fourth-order valence-electron chi connectivity index (χ4n) is 1.12. The largest absolute Gasteiger partial charge is 0.309 e. The lowest BCUT2D eigenvalue weighted by Gasteiger charge is -2.09. The summed E-state index contributed by atoms with van der Waals surface area (Å²) in [6.07, 6.45) is 0.804. The van der Waals surface area contributed by atoms with Gasteiger partial charge in [-0.2, -0.15) is 0 Å². The Balaban J connectivity index is 2.47. The number of nitrogens with one attached hydrogen (secondary N) is 1. The molecule has 0 saturated carbocycles. The molecule has 92 valence electrons. The van der Waals surface area contributed by atoms with Gasteiger partial charge in [0, 0.05) is 6.54 Å². The SMILES string of the molecule is CN(C)CCCNS(=O)(=O)c1ccc(Br)s1. The number of thiophene rings is 1. The van der Waals surface area contributed by atoms with Crippen LogP contribution >= 0.6 is 27.3 Å². The molecule has 0 aromatic carbocycles. The molecule has 0 unspecified atom stereocenters. The monoisotopic (exact) mass is 326 g/mol. The Kier molecular flexibility index (Phi) is 5.39. The van der Waals surface area contributed by atoms with Crippen LogP contribution in [0.25, 0.3) is 0 Å². The van der Waals surface area contributed by atoms with Gasteiger partial charge in [-0.3, -0.25) is 0 Å². The van der Waals surface area contributed by atoms with Gasteiger partial charge >= 0.3 is 0 Å². The van der Waals surface area contributed by atoms with Gasteiger partial charge < -0.3 is 4.90 Å². The summed E-state index contributed by atoms with van der Waals surface area (Å²) < 4.78 is 27.3. The lowest BCUT2D eigenvalue weighted by atomic mass is 10.4. The zero-order valence-corrected chi connectivity index (χ0v) is 12.5. The van der Waals surface area contributed by atoms with Crippen LogP contribution in [0.3, 0.4) is 0 Å². The van der Waals surface area contributed by atoms with Crippen molar-refractivity contribution in [3.05, 3.63) is 15.9 Å². The van der Waals surface area contributed by atoms with Crippen LogP contribution in [0.1, 0.15) is 6.42 Å². The van der Waals surface area contributed by atoms with E-state index in [1.165, 1.54) is 11.3 Å². The van der Waals surface area contributed by atoms with Crippen molar-refractivity contribution in [2.24, 2.45) is 0 Å². The highest BCUT2D eigenvalue weighted by Crippen LogP contribution is 2.25. The predicted molar refractivity (Wildman–Crippen MR) is 70.4 cm³/mol. The van der Waals surface area contributed by atoms with Crippen LogP contribution in [0.15, 0.2) is 20.1 Å². The normalized spacial score (nSPS) is 12.2. The molecule has 16 heavy (non-hydrogen) atoms. The van der Waals surface area contributed by atoms with Gasteiger partial charge in [-0.1, -0.05) is 0 Å². The third-order valence-corrected chi connectivity index (χ3v) is 5.46. The minimum atomic E-state index is -3.32. The first-order valence-corrected chi connectivity index (χ1v) is 7.91. The summed E-state index contributed by atoms with van der Waals surface area (Å²) >= 11 is 4.46. The molecule has 0 saturated heterocycles. The van der Waals surface area contributed by atoms with E-state index in [2.05, 4.69) is 20.7 Å². The molecule has 0 radical (unpaired) electrons. The van der Waals surface area contributed by atoms with Crippen LogP contribution in [0.5, 0.6) is 0 Å². The Hall–Kier alpha value is 0.0500. The predicted octanol–water partition coefficient (Wildman–Crippen LogP) is 1.74. The summed E-state index contributed by atoms with van der Waals surface area (Å²) in [5.41, 5.74) is 0. The summed E-state index contributed by atoms with van der Waals surface area (Å²) in [6, 6.07) is 3.34. The molecule has 0 bridgehead atoms. The number of hydrogen-bond acceptors (Lipinski definition) is 4. The Morgan fingerprint density at radius 2 is 2.12 bits per heavy atom. The number of sulfonamides is 1. The molecule has 0 fully saturated rings. The smallest absolute Gasteiger partial charge is 0.250 e. The van der Waals surface area contributed by atoms with E-state index in [-0.39, 0.29) is 0 Å². The van der Waals surface area contributed by atoms with Gasteiger partial charge in [-0.25, -0.2) is 13.1 Å². The average molecular weight is 327 g/mol. The molecule has 0 spiro atoms. The Bertz CT molecular complexity index is 428. The van der Waals surface area contributed by atoms with Crippen molar-refractivity contribution in [3.63, 3.8) is 0 Å². The van der Waals surface area contributed by atoms with Crippen LogP contribution in [0.2, 0.25) is 0 Å². The van der Waals surface area contributed by atoms with Crippen LogP contribution < -0.4 is 4.72 Å². The third-order valence-electron chi connectivity index (χ3n) is 1.89. The molecule has 7 heteroatoms. The van der Waals surface area contributed by atoms with E-state index in [4.69, 9.17) is 0 Å². The first kappa shape index (κ1) is 14.1. The van der Waals surface area contributed by atoms with Crippen LogP contribution in [-0.2, 0) is 10.0 Å². The van der Waals surface area contributed by atoms with Gasteiger partial charge in [0.25, 0.3) is 0 Å². The second-order valence-electron chi connectivity index (χ2n) is 3.61. The molecule has 1 aromatic rings. The van der Waals surface area contributed by atoms with Crippen LogP contribution in [0.4, 0.5) is 0 Å². The van der Waals surface area contributed by atoms with Gasteiger partial charge in [-0.05, 0) is 55.1 Å². The lowest BCUT2D eigenvalue weighted by Crippen LogP contribution is -2.26. The lowest BCUT2D eigenvalue weighted by molar-refractivity contribution is 0.400. The molecule has 0 aliphatic rings. The summed E-state index contributed by atoms with van der Waals surface area (Å²) in [5.74, 6) is 0. The highest BCUT2D eigenvalue weighted by molar-refractivity contribution is 9.11. The molecule has 0 aliphatic carbocycles. The van der Waals surface area contributed by atoms with E-state index in [9.17, 15) is 8.42 Å². The summed E-state index contributed by atoms with van der Waals surface area (Å²) in [6.45, 7) is 1.34. The first-order chi connectivity index (χ1) is 7.42. The molecule has 1 heterocycles. The highest BCUT2D eigenvalue weighted by Gasteiger charge is 2.15. The molecule has 4 nitrogen and oxygen atoms in total. The standard InChI is InChI=1S/C9H15BrN2O2S2/c1-12(2)7-3-6-11-16(13,14)9-5-4-8(10)15-9/h4-5,11H,3,6-7H2,1-2H3. The molecule has 1 N–H and O–H groups in total. The number of halogens is 1. The van der Waals surface area contributed by atoms with E-state index in [1.54, 1.807) is 12.1 Å². The van der Waals surface area contributed by atoms with Crippen molar-refractivity contribution in [1.82, 2.24) is 9.62 Å². The van der Waals surface area contributed by atoms with Crippen LogP contribution in [0, 0.1) is 0 Å². The molecule has 0 aliphatic heterocycles. The summed E-state index contributed by atoms with van der Waals surface area (Å²) in [7, 11) is 0.609. The maximum absolute atomic E-state index is 11.8. The second-order valence-corrected chi connectivity index (χ2v) is 8.07. The number of hydrogen-bond donors (Lipinski definition) is 1. The molecule has 1 rings (SSSR count). The quantitative estimate of drug-likeness (QED) is 0.810. The van der Waals surface area contributed by atoms with Gasteiger partial charge in [-0.15, -0.1) is 11.3 Å². The van der Waals surface area contributed by atoms with Crippen molar-refractivity contribution in [2.45, 2.75) is 10.6 Å². The van der Waals surface area contributed by atoms with Crippen molar-refractivity contribution < 1.29 is 8.42 Å². The summed E-state index contributed by atoms with van der Waals surface area (Å²) in [5, 5.41) is 0. The Morgan fingerprint density at radius 1 is 1.44 bits per heavy atom.